The fraction of sp³-hybridized carbons (Fsp3) is 0.648. The molecular formula is C71H118O16P2. The van der Waals surface area contributed by atoms with E-state index in [4.69, 9.17) is 32.3 Å². The summed E-state index contributed by atoms with van der Waals surface area (Å²) in [5.41, 5.74) is 0. The molecule has 0 amide bonds. The van der Waals surface area contributed by atoms with Crippen molar-refractivity contribution in [2.75, 3.05) is 39.6 Å². The summed E-state index contributed by atoms with van der Waals surface area (Å²) in [4.78, 5) is 58.3. The third-order valence-corrected chi connectivity index (χ3v) is 15.3. The maximum absolute atomic E-state index is 12.9. The average molecular weight is 1290 g/mol. The predicted octanol–water partition coefficient (Wildman–Crippen LogP) is 18.4. The van der Waals surface area contributed by atoms with Crippen LogP contribution in [0.5, 0.6) is 0 Å². The van der Waals surface area contributed by atoms with Gasteiger partial charge in [-0.25, -0.2) is 9.13 Å². The Balaban J connectivity index is 4.78. The van der Waals surface area contributed by atoms with E-state index in [2.05, 4.69) is 136 Å². The molecule has 0 aliphatic rings. The Bertz CT molecular complexity index is 2160. The Kier molecular flexibility index (Phi) is 60.7. The Hall–Kier alpha value is -4.31. The molecule has 0 rings (SSSR count). The Labute approximate surface area is 537 Å². The molecule has 0 aromatic heterocycles. The van der Waals surface area contributed by atoms with Gasteiger partial charge in [0.2, 0.25) is 0 Å². The van der Waals surface area contributed by atoms with Crippen LogP contribution in [-0.2, 0) is 55.8 Å². The van der Waals surface area contributed by atoms with Crippen LogP contribution in [0.25, 0.3) is 0 Å². The minimum absolute atomic E-state index is 0.0565. The van der Waals surface area contributed by atoms with Gasteiger partial charge >= 0.3 is 33.6 Å². The van der Waals surface area contributed by atoms with E-state index in [-0.39, 0.29) is 19.3 Å². The highest BCUT2D eigenvalue weighted by Crippen LogP contribution is 2.45. The van der Waals surface area contributed by atoms with Crippen molar-refractivity contribution in [1.82, 2.24) is 0 Å². The summed E-state index contributed by atoms with van der Waals surface area (Å²) in [7, 11) is -9.81. The summed E-state index contributed by atoms with van der Waals surface area (Å²) in [6.45, 7) is 2.30. The van der Waals surface area contributed by atoms with E-state index in [1.165, 1.54) is 38.5 Å². The quantitative estimate of drug-likeness (QED) is 0.0146. The summed E-state index contributed by atoms with van der Waals surface area (Å²) < 4.78 is 60.8. The van der Waals surface area contributed by atoms with E-state index in [9.17, 15) is 43.5 Å². The molecule has 4 N–H and O–H groups in total. The lowest BCUT2D eigenvalue weighted by Crippen LogP contribution is -2.30. The Morgan fingerprint density at radius 3 is 1.02 bits per heavy atom. The number of carbonyl (C=O) groups excluding carboxylic acids is 3. The van der Waals surface area contributed by atoms with Gasteiger partial charge in [-0.2, -0.15) is 0 Å². The van der Waals surface area contributed by atoms with Crippen molar-refractivity contribution >= 4 is 33.6 Å². The van der Waals surface area contributed by atoms with Crippen molar-refractivity contribution in [3.63, 3.8) is 0 Å². The van der Waals surface area contributed by atoms with Gasteiger partial charge < -0.3 is 34.2 Å². The van der Waals surface area contributed by atoms with Crippen LogP contribution in [0.15, 0.2) is 134 Å². The van der Waals surface area contributed by atoms with Crippen molar-refractivity contribution in [2.24, 2.45) is 0 Å². The molecule has 0 aliphatic carbocycles. The number of hydrogen-bond donors (Lipinski definition) is 4. The summed E-state index contributed by atoms with van der Waals surface area (Å²) in [5.74, 6) is -1.69. The largest absolute Gasteiger partial charge is 0.472 e. The number of unbranched alkanes of at least 4 members (excludes halogenated alkanes) is 17. The molecule has 0 heterocycles. The zero-order valence-corrected chi connectivity index (χ0v) is 56.6. The smallest absolute Gasteiger partial charge is 0.463 e. The van der Waals surface area contributed by atoms with E-state index in [0.717, 1.165) is 135 Å². The van der Waals surface area contributed by atoms with E-state index in [1.54, 1.807) is 0 Å². The maximum atomic E-state index is 12.9. The number of carbonyl (C=O) groups is 3. The average Bonchev–Trinajstić information content (AvgIpc) is 3.54. The second kappa shape index (κ2) is 63.8. The van der Waals surface area contributed by atoms with Crippen LogP contribution in [0, 0.1) is 0 Å². The zero-order valence-electron chi connectivity index (χ0n) is 54.8. The lowest BCUT2D eigenvalue weighted by Gasteiger charge is -2.21. The summed E-state index contributed by atoms with van der Waals surface area (Å²) in [6.07, 6.45) is 73.7. The summed E-state index contributed by atoms with van der Waals surface area (Å²) in [6, 6.07) is 0. The molecule has 5 atom stereocenters. The second-order valence-electron chi connectivity index (χ2n) is 21.9. The van der Waals surface area contributed by atoms with E-state index < -0.39 is 91.5 Å². The number of aliphatic hydroxyl groups is 2. The monoisotopic (exact) mass is 1290 g/mol. The molecule has 0 spiro atoms. The topological polar surface area (TPSA) is 231 Å². The third kappa shape index (κ3) is 65.0. The first-order chi connectivity index (χ1) is 43.2. The highest BCUT2D eigenvalue weighted by Gasteiger charge is 2.29. The molecule has 0 saturated heterocycles. The first-order valence-corrected chi connectivity index (χ1v) is 36.5. The van der Waals surface area contributed by atoms with Gasteiger partial charge in [-0.05, 0) is 122 Å². The third-order valence-electron chi connectivity index (χ3n) is 13.4. The van der Waals surface area contributed by atoms with Gasteiger partial charge in [-0.1, -0.05) is 231 Å². The number of ether oxygens (including phenoxy) is 3. The van der Waals surface area contributed by atoms with Gasteiger partial charge in [-0.3, -0.25) is 32.5 Å². The number of phosphoric ester groups is 2. The van der Waals surface area contributed by atoms with E-state index in [1.807, 2.05) is 18.2 Å². The first-order valence-electron chi connectivity index (χ1n) is 33.5. The van der Waals surface area contributed by atoms with Crippen LogP contribution in [0.4, 0.5) is 0 Å². The SMILES string of the molecule is CC/C=C\C/C=C\C/C=C\C/C=C\C/C=C\C/C=C\CCC(=O)OCC(O)COP(=O)(O)OCC(O)COP(=O)(O)OCC(COC(=O)CCCCCCCC/C=C\C/C=C\C/C=C\C/C=C\CC)OC(=O)CCCCCCC/C=C\CCCCCCCC. The molecule has 0 aliphatic heterocycles. The Morgan fingerprint density at radius 1 is 0.326 bits per heavy atom. The highest BCUT2D eigenvalue weighted by molar-refractivity contribution is 7.47. The molecule has 0 radical (unpaired) electrons. The lowest BCUT2D eigenvalue weighted by molar-refractivity contribution is -0.161. The number of rotatable bonds is 62. The van der Waals surface area contributed by atoms with Crippen LogP contribution >= 0.6 is 15.6 Å². The molecular weight excluding hydrogens is 1170 g/mol. The predicted molar refractivity (Wildman–Crippen MR) is 362 cm³/mol. The van der Waals surface area contributed by atoms with Gasteiger partial charge in [0.05, 0.1) is 26.4 Å². The van der Waals surface area contributed by atoms with Crippen molar-refractivity contribution < 1.29 is 75.8 Å². The fourth-order valence-corrected chi connectivity index (χ4v) is 9.87. The standard InChI is InChI=1S/C71H118O16P2/c1-4-7-10-13-16-19-22-25-28-30-32-34-37-39-42-45-48-51-54-57-69(74)81-60-66(72)61-83-88(77,78)84-62-67(73)63-85-89(79,80)86-65-68(87-71(76)59-56-53-50-47-44-41-36-27-24-21-18-15-12-9-6-3)64-82-70(75)58-55-52-49-46-43-40-38-35-33-31-29-26-23-20-17-14-11-8-5-2/h7-8,10-11,16-17,19-20,25-29,32-36,39,42,48,51,66-68,72-73H,4-6,9,12-15,18,21-24,30-31,37-38,40-41,43-47,49-50,52-65H2,1-3H3,(H,77,78)(H,79,80)/b10-7-,11-8-,19-16-,20-17-,28-25-,29-26-,34-32-,35-33-,36-27-,42-39-,51-48-. The van der Waals surface area contributed by atoms with Gasteiger partial charge in [0, 0.05) is 19.3 Å². The summed E-state index contributed by atoms with van der Waals surface area (Å²) >= 11 is 0. The van der Waals surface area contributed by atoms with Gasteiger partial charge in [-0.15, -0.1) is 0 Å². The molecule has 508 valence electrons. The molecule has 16 nitrogen and oxygen atoms in total. The number of hydrogen-bond acceptors (Lipinski definition) is 14. The number of aliphatic hydroxyl groups excluding tert-OH is 2. The van der Waals surface area contributed by atoms with Crippen LogP contribution in [-0.4, -0.2) is 95.9 Å². The normalized spacial score (nSPS) is 15.1. The molecule has 0 saturated carbocycles. The van der Waals surface area contributed by atoms with Crippen molar-refractivity contribution in [1.29, 1.82) is 0 Å². The van der Waals surface area contributed by atoms with Crippen LogP contribution in [0.1, 0.15) is 239 Å². The lowest BCUT2D eigenvalue weighted by atomic mass is 10.1. The summed E-state index contributed by atoms with van der Waals surface area (Å²) in [5, 5.41) is 20.5. The van der Waals surface area contributed by atoms with Crippen molar-refractivity contribution in [3.05, 3.63) is 134 Å². The molecule has 89 heavy (non-hydrogen) atoms. The first kappa shape index (κ1) is 84.7. The highest BCUT2D eigenvalue weighted by atomic mass is 31.2. The molecule has 18 heteroatoms. The van der Waals surface area contributed by atoms with Gasteiger partial charge in [0.15, 0.2) is 6.10 Å². The van der Waals surface area contributed by atoms with Crippen LogP contribution in [0.3, 0.4) is 0 Å². The van der Waals surface area contributed by atoms with Gasteiger partial charge in [0.25, 0.3) is 0 Å². The van der Waals surface area contributed by atoms with Crippen LogP contribution < -0.4 is 0 Å². The van der Waals surface area contributed by atoms with Crippen molar-refractivity contribution in [3.8, 4) is 0 Å². The number of esters is 3. The van der Waals surface area contributed by atoms with Gasteiger partial charge in [0.1, 0.15) is 25.4 Å². The van der Waals surface area contributed by atoms with Crippen LogP contribution in [0.2, 0.25) is 0 Å². The molecule has 5 unspecified atom stereocenters. The van der Waals surface area contributed by atoms with E-state index in [0.29, 0.717) is 25.7 Å². The number of phosphoric acid groups is 2. The molecule has 0 bridgehead atoms. The molecule has 0 fully saturated rings. The van der Waals surface area contributed by atoms with Crippen molar-refractivity contribution in [2.45, 2.75) is 257 Å². The Morgan fingerprint density at radius 2 is 0.618 bits per heavy atom. The number of allylic oxidation sites excluding steroid dienone is 22. The second-order valence-corrected chi connectivity index (χ2v) is 24.8. The minimum Gasteiger partial charge on any atom is -0.463 e. The zero-order chi connectivity index (χ0) is 65.3. The minimum atomic E-state index is -4.94. The maximum Gasteiger partial charge on any atom is 0.472 e. The molecule has 0 aromatic rings. The fourth-order valence-electron chi connectivity index (χ4n) is 8.29. The van der Waals surface area contributed by atoms with E-state index >= 15 is 0 Å². The molecule has 0 aromatic carbocycles.